The van der Waals surface area contributed by atoms with Gasteiger partial charge in [0.1, 0.15) is 5.75 Å². The van der Waals surface area contributed by atoms with Gasteiger partial charge in [0, 0.05) is 15.9 Å². The first kappa shape index (κ1) is 20.9. The normalized spacial score (nSPS) is 13.0. The molecule has 0 aromatic heterocycles. The van der Waals surface area contributed by atoms with Gasteiger partial charge in [0.05, 0.1) is 5.48 Å². The molecule has 0 unspecified atom stereocenters. The van der Waals surface area contributed by atoms with Crippen molar-refractivity contribution in [3.8, 4) is 28.0 Å². The lowest BCUT2D eigenvalue weighted by Gasteiger charge is -2.22. The number of hydrogen-bond donors (Lipinski definition) is 1. The molecule has 7 aromatic rings. The van der Waals surface area contributed by atoms with Crippen LogP contribution in [0.4, 0.5) is 0 Å². The molecule has 0 bridgehead atoms. The number of benzene rings is 7. The minimum Gasteiger partial charge on any atom is -0.508 e. The van der Waals surface area contributed by atoms with Gasteiger partial charge in [0.15, 0.2) is 7.14 Å². The van der Waals surface area contributed by atoms with Gasteiger partial charge in [-0.3, -0.25) is 0 Å². The zero-order valence-electron chi connectivity index (χ0n) is 26.0. The van der Waals surface area contributed by atoms with E-state index < -0.39 is 25.0 Å². The van der Waals surface area contributed by atoms with E-state index in [9.17, 15) is 5.11 Å². The highest BCUT2D eigenvalue weighted by atomic mass is 31.2. The van der Waals surface area contributed by atoms with Crippen LogP contribution in [0.5, 0.6) is 5.75 Å². The Bertz CT molecular complexity index is 2170. The molecule has 7 aromatic carbocycles. The first-order valence-corrected chi connectivity index (χ1v) is 15.1. The van der Waals surface area contributed by atoms with Crippen LogP contribution in [0.15, 0.2) is 158 Å². The third-order valence-corrected chi connectivity index (χ3v) is 10.6. The highest BCUT2D eigenvalue weighted by Gasteiger charge is 2.30. The lowest BCUT2D eigenvalue weighted by atomic mass is 9.86. The van der Waals surface area contributed by atoms with Gasteiger partial charge in [0.2, 0.25) is 0 Å². The molecule has 0 heterocycles. The summed E-state index contributed by atoms with van der Waals surface area (Å²) in [5.74, 6) is -0.669. The number of fused-ring (bicyclic) bond motifs is 2. The zero-order valence-corrected chi connectivity index (χ0v) is 22.9. The van der Waals surface area contributed by atoms with Crippen LogP contribution in [0.25, 0.3) is 43.8 Å². The van der Waals surface area contributed by atoms with E-state index in [1.54, 1.807) is 0 Å². The molecule has 2 nitrogen and oxygen atoms in total. The van der Waals surface area contributed by atoms with E-state index in [2.05, 4.69) is 0 Å². The summed E-state index contributed by atoms with van der Waals surface area (Å²) in [7, 11) is -3.25. The topological polar surface area (TPSA) is 37.3 Å². The molecule has 7 rings (SSSR count). The molecule has 0 fully saturated rings. The number of rotatable bonds is 5. The predicted molar refractivity (Wildman–Crippen MR) is 173 cm³/mol. The van der Waals surface area contributed by atoms with Gasteiger partial charge in [-0.25, -0.2) is 0 Å². The molecule has 0 spiro atoms. The van der Waals surface area contributed by atoms with Crippen molar-refractivity contribution in [1.29, 1.82) is 0 Å². The average Bonchev–Trinajstić information content (AvgIpc) is 3.10. The predicted octanol–water partition coefficient (Wildman–Crippen LogP) is 8.67. The maximum absolute atomic E-state index is 15.2. The molecule has 0 aliphatic carbocycles. The van der Waals surface area contributed by atoms with E-state index in [4.69, 9.17) is 5.48 Å². The van der Waals surface area contributed by atoms with Crippen molar-refractivity contribution in [1.82, 2.24) is 0 Å². The Morgan fingerprint density at radius 1 is 0.463 bits per heavy atom. The Hall–Kier alpha value is -4.91. The van der Waals surface area contributed by atoms with Crippen LogP contribution >= 0.6 is 7.14 Å². The maximum Gasteiger partial charge on any atom is 0.171 e. The molecule has 0 amide bonds. The van der Waals surface area contributed by atoms with Gasteiger partial charge in [-0.2, -0.15) is 0 Å². The minimum absolute atomic E-state index is 0.133. The summed E-state index contributed by atoms with van der Waals surface area (Å²) in [5.41, 5.74) is 2.47. The van der Waals surface area contributed by atoms with E-state index in [0.717, 1.165) is 43.3 Å². The van der Waals surface area contributed by atoms with Crippen molar-refractivity contribution in [2.75, 3.05) is 0 Å². The molecule has 0 aliphatic heterocycles. The summed E-state index contributed by atoms with van der Waals surface area (Å²) in [5, 5.41) is 15.7. The van der Waals surface area contributed by atoms with Gasteiger partial charge in [-0.15, -0.1) is 0 Å². The summed E-state index contributed by atoms with van der Waals surface area (Å²) in [6.45, 7) is 0. The van der Waals surface area contributed by atoms with Crippen LogP contribution < -0.4 is 15.9 Å². The van der Waals surface area contributed by atoms with Crippen molar-refractivity contribution >= 4 is 44.6 Å². The monoisotopic (exact) mass is 550 g/mol. The van der Waals surface area contributed by atoms with Gasteiger partial charge >= 0.3 is 0 Å². The minimum atomic E-state index is -3.25. The second-order valence-electron chi connectivity index (χ2n) is 9.90. The molecule has 41 heavy (non-hydrogen) atoms. The molecule has 1 N–H and O–H groups in total. The smallest absolute Gasteiger partial charge is 0.171 e. The Labute approximate surface area is 245 Å². The Morgan fingerprint density at radius 2 is 0.878 bits per heavy atom. The molecule has 0 radical (unpaired) electrons. The molecular formula is C38H27O2P. The lowest BCUT2D eigenvalue weighted by Crippen LogP contribution is -2.25. The van der Waals surface area contributed by atoms with Gasteiger partial charge in [0.25, 0.3) is 0 Å². The fraction of sp³-hybridized carbons (Fsp3) is 0. The van der Waals surface area contributed by atoms with E-state index in [1.165, 1.54) is 0 Å². The van der Waals surface area contributed by atoms with Crippen molar-refractivity contribution in [2.45, 2.75) is 0 Å². The lowest BCUT2D eigenvalue weighted by molar-refractivity contribution is 0.475. The van der Waals surface area contributed by atoms with Crippen LogP contribution in [0.3, 0.4) is 0 Å². The summed E-state index contributed by atoms with van der Waals surface area (Å²) in [4.78, 5) is 0. The second kappa shape index (κ2) is 10.2. The van der Waals surface area contributed by atoms with E-state index in [0.29, 0.717) is 10.9 Å². The first-order valence-electron chi connectivity index (χ1n) is 15.4. The average molecular weight is 551 g/mol. The van der Waals surface area contributed by atoms with E-state index in [1.807, 2.05) is 133 Å². The highest BCUT2D eigenvalue weighted by molar-refractivity contribution is 7.85. The fourth-order valence-electron chi connectivity index (χ4n) is 5.72. The van der Waals surface area contributed by atoms with Crippen molar-refractivity contribution in [3.63, 3.8) is 0 Å². The second-order valence-corrected chi connectivity index (χ2v) is 12.7. The zero-order chi connectivity index (χ0) is 31.3. The summed E-state index contributed by atoms with van der Waals surface area (Å²) in [6, 6.07) is 40.9. The largest absolute Gasteiger partial charge is 0.508 e. The van der Waals surface area contributed by atoms with E-state index in [-0.39, 0.29) is 17.6 Å². The Balaban J connectivity index is 1.56. The number of hydrogen-bond acceptors (Lipinski definition) is 2. The number of phenols is 1. The van der Waals surface area contributed by atoms with Gasteiger partial charge in [-0.05, 0) is 61.9 Å². The van der Waals surface area contributed by atoms with Crippen LogP contribution in [0, 0.1) is 0 Å². The van der Waals surface area contributed by atoms with Crippen LogP contribution in [0.2, 0.25) is 0 Å². The molecule has 0 aliphatic rings. The Kier molecular flexibility index (Phi) is 5.23. The van der Waals surface area contributed by atoms with Crippen LogP contribution in [0.1, 0.15) is 5.48 Å². The first-order chi connectivity index (χ1) is 21.8. The standard InChI is InChI=1S/C38H27O2P/c39-29-24-22-27(23-25-29)37-33-18-7-9-20-35(33)38(36-21-10-8-19-34(36)37)28-12-11-17-32(26-28)41(40,30-13-3-1-4-14-30)31-15-5-2-6-16-31/h1-26,39H/i22D,23D,24D,25D. The summed E-state index contributed by atoms with van der Waals surface area (Å²) >= 11 is 0. The molecule has 196 valence electrons. The molecule has 0 saturated carbocycles. The number of aromatic hydroxyl groups is 1. The van der Waals surface area contributed by atoms with Crippen molar-refractivity contribution < 1.29 is 15.2 Å². The molecule has 0 saturated heterocycles. The molecule has 3 heteroatoms. The summed E-state index contributed by atoms with van der Waals surface area (Å²) < 4.78 is 49.4. The summed E-state index contributed by atoms with van der Waals surface area (Å²) in [6.07, 6.45) is 0. The fourth-order valence-corrected chi connectivity index (χ4v) is 8.42. The Morgan fingerprint density at radius 3 is 1.37 bits per heavy atom. The molecular weight excluding hydrogens is 519 g/mol. The molecule has 0 atom stereocenters. The third-order valence-electron chi connectivity index (χ3n) is 7.53. The van der Waals surface area contributed by atoms with Crippen LogP contribution in [-0.2, 0) is 4.57 Å². The third kappa shape index (κ3) is 4.25. The maximum atomic E-state index is 15.2. The van der Waals surface area contributed by atoms with Gasteiger partial charge in [-0.1, -0.05) is 139 Å². The number of phenolic OH excluding ortho intramolecular Hbond substituents is 1. The van der Waals surface area contributed by atoms with Crippen LogP contribution in [-0.4, -0.2) is 5.11 Å². The van der Waals surface area contributed by atoms with Gasteiger partial charge < -0.3 is 9.67 Å². The van der Waals surface area contributed by atoms with E-state index >= 15 is 4.57 Å². The quantitative estimate of drug-likeness (QED) is 0.172. The highest BCUT2D eigenvalue weighted by Crippen LogP contribution is 2.46. The van der Waals surface area contributed by atoms with Crippen molar-refractivity contribution in [2.24, 2.45) is 0 Å². The SMILES string of the molecule is [2H]c1c([2H])c(-c2c3ccccc3c(-c3cccc(P(=O)(c4ccccc4)c4ccccc4)c3)c3ccccc23)c([2H])c([2H])c1O. The van der Waals surface area contributed by atoms with Crippen molar-refractivity contribution in [3.05, 3.63) is 158 Å².